The van der Waals surface area contributed by atoms with Crippen molar-refractivity contribution in [3.63, 3.8) is 0 Å². The van der Waals surface area contributed by atoms with Crippen molar-refractivity contribution in [3.8, 4) is 0 Å². The second kappa shape index (κ2) is 7.79. The molecule has 5 nitrogen and oxygen atoms in total. The first kappa shape index (κ1) is 17.7. The highest BCUT2D eigenvalue weighted by Crippen LogP contribution is 2.30. The van der Waals surface area contributed by atoms with Crippen LogP contribution >= 0.6 is 23.1 Å². The van der Waals surface area contributed by atoms with Crippen molar-refractivity contribution in [2.24, 2.45) is 0 Å². The van der Waals surface area contributed by atoms with Crippen LogP contribution in [0.3, 0.4) is 0 Å². The quantitative estimate of drug-likeness (QED) is 0.737. The number of aromatic nitrogens is 2. The van der Waals surface area contributed by atoms with E-state index < -0.39 is 0 Å². The van der Waals surface area contributed by atoms with Crippen LogP contribution in [0.4, 0.5) is 10.8 Å². The number of rotatable bonds is 7. The van der Waals surface area contributed by atoms with E-state index in [1.54, 1.807) is 0 Å². The number of thioether (sulfide) groups is 1. The molecule has 1 amide bonds. The molecule has 23 heavy (non-hydrogen) atoms. The second-order valence-electron chi connectivity index (χ2n) is 5.85. The first-order chi connectivity index (χ1) is 10.9. The van der Waals surface area contributed by atoms with Gasteiger partial charge in [0.15, 0.2) is 4.34 Å². The maximum Gasteiger partial charge on any atom is 0.233 e. The summed E-state index contributed by atoms with van der Waals surface area (Å²) >= 11 is 2.87. The van der Waals surface area contributed by atoms with Crippen LogP contribution in [0.25, 0.3) is 0 Å². The molecule has 0 fully saturated rings. The minimum atomic E-state index is -0.210. The van der Waals surface area contributed by atoms with Crippen molar-refractivity contribution in [3.05, 3.63) is 30.3 Å². The zero-order valence-electron chi connectivity index (χ0n) is 13.8. The molecule has 2 rings (SSSR count). The largest absolute Gasteiger partial charge is 0.350 e. The molecule has 1 aromatic heterocycles. The number of carbonyl (C=O) groups is 1. The van der Waals surface area contributed by atoms with Crippen LogP contribution < -0.4 is 10.6 Å². The molecule has 0 saturated carbocycles. The van der Waals surface area contributed by atoms with Crippen molar-refractivity contribution < 1.29 is 4.79 Å². The Balaban J connectivity index is 1.92. The van der Waals surface area contributed by atoms with Gasteiger partial charge in [0.25, 0.3) is 0 Å². The van der Waals surface area contributed by atoms with E-state index in [0.717, 1.165) is 21.6 Å². The van der Waals surface area contributed by atoms with E-state index in [9.17, 15) is 4.79 Å². The van der Waals surface area contributed by atoms with Crippen molar-refractivity contribution in [2.45, 2.75) is 49.2 Å². The Morgan fingerprint density at radius 2 is 2.00 bits per heavy atom. The van der Waals surface area contributed by atoms with Crippen LogP contribution in [0.15, 0.2) is 34.7 Å². The third-order valence-electron chi connectivity index (χ3n) is 3.42. The van der Waals surface area contributed by atoms with Gasteiger partial charge in [0, 0.05) is 11.2 Å². The molecule has 1 aromatic carbocycles. The third kappa shape index (κ3) is 5.51. The molecular weight excluding hydrogens is 328 g/mol. The predicted octanol–water partition coefficient (Wildman–Crippen LogP) is 4.07. The number of para-hydroxylation sites is 1. The molecular formula is C16H22N4OS2. The number of hydrogen-bond acceptors (Lipinski definition) is 6. The molecule has 0 bridgehead atoms. The van der Waals surface area contributed by atoms with E-state index in [1.807, 2.05) is 51.1 Å². The van der Waals surface area contributed by atoms with E-state index >= 15 is 0 Å². The topological polar surface area (TPSA) is 66.9 Å². The number of benzene rings is 1. The smallest absolute Gasteiger partial charge is 0.233 e. The fourth-order valence-electron chi connectivity index (χ4n) is 1.68. The summed E-state index contributed by atoms with van der Waals surface area (Å²) < 4.78 is 0.778. The van der Waals surface area contributed by atoms with Gasteiger partial charge in [-0.25, -0.2) is 0 Å². The Labute approximate surface area is 145 Å². The van der Waals surface area contributed by atoms with E-state index in [1.165, 1.54) is 23.1 Å². The second-order valence-corrected chi connectivity index (χ2v) is 8.42. The molecule has 124 valence electrons. The Hall–Kier alpha value is -1.60. The van der Waals surface area contributed by atoms with Crippen LogP contribution in [-0.2, 0) is 4.79 Å². The highest BCUT2D eigenvalue weighted by Gasteiger charge is 2.23. The fourth-order valence-corrected chi connectivity index (χ4v) is 3.60. The molecule has 2 N–H and O–H groups in total. The van der Waals surface area contributed by atoms with E-state index in [-0.39, 0.29) is 16.7 Å². The highest BCUT2D eigenvalue weighted by atomic mass is 32.2. The van der Waals surface area contributed by atoms with Crippen molar-refractivity contribution in [1.82, 2.24) is 15.5 Å². The van der Waals surface area contributed by atoms with Crippen LogP contribution in [-0.4, -0.2) is 26.9 Å². The van der Waals surface area contributed by atoms with Crippen molar-refractivity contribution in [1.29, 1.82) is 0 Å². The van der Waals surface area contributed by atoms with Crippen molar-refractivity contribution >= 4 is 39.8 Å². The van der Waals surface area contributed by atoms with Gasteiger partial charge in [-0.2, -0.15) is 0 Å². The first-order valence-corrected chi connectivity index (χ1v) is 9.23. The van der Waals surface area contributed by atoms with Crippen LogP contribution in [0, 0.1) is 0 Å². The van der Waals surface area contributed by atoms with E-state index in [2.05, 4.69) is 27.8 Å². The molecule has 0 radical (unpaired) electrons. The van der Waals surface area contributed by atoms with Crippen LogP contribution in [0.1, 0.15) is 34.1 Å². The zero-order valence-corrected chi connectivity index (χ0v) is 15.4. The van der Waals surface area contributed by atoms with Crippen molar-refractivity contribution in [2.75, 3.05) is 5.32 Å². The summed E-state index contributed by atoms with van der Waals surface area (Å²) in [6.07, 6.45) is 0.889. The van der Waals surface area contributed by atoms with Gasteiger partial charge in [-0.05, 0) is 39.3 Å². The molecule has 0 aliphatic carbocycles. The molecule has 1 heterocycles. The molecule has 1 unspecified atom stereocenters. The number of nitrogens with zero attached hydrogens (tertiary/aromatic N) is 2. The Morgan fingerprint density at radius 1 is 1.30 bits per heavy atom. The molecule has 7 heteroatoms. The standard InChI is InChI=1S/C16H22N4OS2/c1-5-16(3,4)18-13(21)11(2)22-15-20-19-14(23-15)17-12-9-7-6-8-10-12/h6-11H,5H2,1-4H3,(H,17,19)(H,18,21). The normalized spacial score (nSPS) is 12.7. The van der Waals surface area contributed by atoms with Gasteiger partial charge in [0.05, 0.1) is 5.25 Å². The number of amides is 1. The Bertz CT molecular complexity index is 643. The molecule has 2 aromatic rings. The van der Waals surface area contributed by atoms with Crippen LogP contribution in [0.5, 0.6) is 0 Å². The minimum Gasteiger partial charge on any atom is -0.350 e. The maximum absolute atomic E-state index is 12.2. The average molecular weight is 351 g/mol. The number of hydrogen-bond donors (Lipinski definition) is 2. The number of carbonyl (C=O) groups excluding carboxylic acids is 1. The summed E-state index contributed by atoms with van der Waals surface area (Å²) in [7, 11) is 0. The summed E-state index contributed by atoms with van der Waals surface area (Å²) in [6.45, 7) is 7.99. The summed E-state index contributed by atoms with van der Waals surface area (Å²) in [5, 5.41) is 15.0. The lowest BCUT2D eigenvalue weighted by molar-refractivity contribution is -0.121. The minimum absolute atomic E-state index is 0.0228. The summed E-state index contributed by atoms with van der Waals surface area (Å²) in [5.74, 6) is 0.0228. The Morgan fingerprint density at radius 3 is 2.65 bits per heavy atom. The SMILES string of the molecule is CCC(C)(C)NC(=O)C(C)Sc1nnc(Nc2ccccc2)s1. The third-order valence-corrected chi connectivity index (χ3v) is 5.45. The lowest BCUT2D eigenvalue weighted by Gasteiger charge is -2.26. The lowest BCUT2D eigenvalue weighted by atomic mass is 10.0. The van der Waals surface area contributed by atoms with Gasteiger partial charge < -0.3 is 10.6 Å². The summed E-state index contributed by atoms with van der Waals surface area (Å²) in [6, 6.07) is 9.82. The number of anilines is 2. The Kier molecular flexibility index (Phi) is 6.01. The molecule has 0 aliphatic rings. The van der Waals surface area contributed by atoms with Gasteiger partial charge in [-0.1, -0.05) is 48.2 Å². The predicted molar refractivity (Wildman–Crippen MR) is 97.5 cm³/mol. The van der Waals surface area contributed by atoms with Gasteiger partial charge >= 0.3 is 0 Å². The zero-order chi connectivity index (χ0) is 16.9. The van der Waals surface area contributed by atoms with Gasteiger partial charge in [0.1, 0.15) is 0 Å². The van der Waals surface area contributed by atoms with E-state index in [0.29, 0.717) is 0 Å². The molecule has 1 atom stereocenters. The summed E-state index contributed by atoms with van der Waals surface area (Å²) in [5.41, 5.74) is 0.781. The summed E-state index contributed by atoms with van der Waals surface area (Å²) in [4.78, 5) is 12.2. The lowest BCUT2D eigenvalue weighted by Crippen LogP contribution is -2.46. The first-order valence-electron chi connectivity index (χ1n) is 7.54. The number of nitrogens with one attached hydrogen (secondary N) is 2. The van der Waals surface area contributed by atoms with Crippen LogP contribution in [0.2, 0.25) is 0 Å². The fraction of sp³-hybridized carbons (Fsp3) is 0.438. The van der Waals surface area contributed by atoms with Gasteiger partial charge in [0.2, 0.25) is 11.0 Å². The maximum atomic E-state index is 12.2. The average Bonchev–Trinajstić information content (AvgIpc) is 2.95. The van der Waals surface area contributed by atoms with Gasteiger partial charge in [-0.3, -0.25) is 4.79 Å². The molecule has 0 aliphatic heterocycles. The monoisotopic (exact) mass is 350 g/mol. The van der Waals surface area contributed by atoms with E-state index in [4.69, 9.17) is 0 Å². The molecule has 0 saturated heterocycles. The highest BCUT2D eigenvalue weighted by molar-refractivity contribution is 8.02. The molecule has 0 spiro atoms. The van der Waals surface area contributed by atoms with Gasteiger partial charge in [-0.15, -0.1) is 10.2 Å².